The van der Waals surface area contributed by atoms with Crippen molar-refractivity contribution in [3.05, 3.63) is 35.6 Å². The molecular formula is C14H19N. The molecule has 1 saturated carbocycles. The molecule has 0 aliphatic heterocycles. The Morgan fingerprint density at radius 2 is 2.20 bits per heavy atom. The number of fused-ring (bicyclic) bond motifs is 1. The summed E-state index contributed by atoms with van der Waals surface area (Å²) in [6.07, 6.45) is 11.7. The zero-order valence-corrected chi connectivity index (χ0v) is 9.53. The number of nitrogens with two attached hydrogens (primary N) is 1. The minimum Gasteiger partial charge on any atom is -0.402 e. The van der Waals surface area contributed by atoms with Crippen molar-refractivity contribution in [1.82, 2.24) is 0 Å². The Kier molecular flexibility index (Phi) is 1.72. The minimum atomic E-state index is 0.303. The number of rotatable bonds is 1. The molecule has 0 aromatic rings. The monoisotopic (exact) mass is 201 g/mol. The van der Waals surface area contributed by atoms with Crippen molar-refractivity contribution in [2.24, 2.45) is 28.9 Å². The number of hydrogen-bond acceptors (Lipinski definition) is 1. The highest BCUT2D eigenvalue weighted by Crippen LogP contribution is 2.63. The first kappa shape index (κ1) is 9.26. The summed E-state index contributed by atoms with van der Waals surface area (Å²) in [5.41, 5.74) is 9.33. The average Bonchev–Trinajstić information content (AvgIpc) is 2.67. The summed E-state index contributed by atoms with van der Waals surface area (Å²) in [5.74, 6) is 1.96. The van der Waals surface area contributed by atoms with E-state index in [1.165, 1.54) is 24.1 Å². The predicted molar refractivity (Wildman–Crippen MR) is 63.0 cm³/mol. The Morgan fingerprint density at radius 1 is 1.40 bits per heavy atom. The maximum Gasteiger partial charge on any atom is 0.0186 e. The van der Waals surface area contributed by atoms with Gasteiger partial charge in [-0.25, -0.2) is 0 Å². The summed E-state index contributed by atoms with van der Waals surface area (Å²) in [6, 6.07) is 0. The van der Waals surface area contributed by atoms with Crippen LogP contribution < -0.4 is 5.73 Å². The summed E-state index contributed by atoms with van der Waals surface area (Å²) in [6.45, 7) is 4.56. The van der Waals surface area contributed by atoms with Crippen LogP contribution in [0.25, 0.3) is 0 Å². The van der Waals surface area contributed by atoms with E-state index in [4.69, 9.17) is 5.73 Å². The fraction of sp³-hybridized carbons (Fsp3) is 0.571. The molecule has 1 spiro atoms. The summed E-state index contributed by atoms with van der Waals surface area (Å²) < 4.78 is 0. The van der Waals surface area contributed by atoms with E-state index in [1.807, 2.05) is 0 Å². The normalized spacial score (nSPS) is 41.8. The van der Waals surface area contributed by atoms with Crippen molar-refractivity contribution < 1.29 is 0 Å². The predicted octanol–water partition coefficient (Wildman–Crippen LogP) is 3.01. The number of hydrogen-bond donors (Lipinski definition) is 1. The molecular weight excluding hydrogens is 182 g/mol. The maximum atomic E-state index is 6.29. The van der Waals surface area contributed by atoms with E-state index >= 15 is 0 Å². The van der Waals surface area contributed by atoms with Crippen LogP contribution in [0, 0.1) is 23.2 Å². The molecule has 1 nitrogen and oxygen atoms in total. The molecule has 0 amide bonds. The summed E-state index contributed by atoms with van der Waals surface area (Å²) >= 11 is 0. The molecule has 3 rings (SSSR count). The van der Waals surface area contributed by atoms with Crippen LogP contribution in [0.15, 0.2) is 35.6 Å². The third kappa shape index (κ3) is 0.987. The Balaban J connectivity index is 2.14. The van der Waals surface area contributed by atoms with Crippen LogP contribution in [0.5, 0.6) is 0 Å². The molecule has 3 aliphatic carbocycles. The molecule has 0 radical (unpaired) electrons. The van der Waals surface area contributed by atoms with Crippen molar-refractivity contribution in [3.8, 4) is 0 Å². The van der Waals surface area contributed by atoms with Gasteiger partial charge in [-0.1, -0.05) is 38.2 Å². The van der Waals surface area contributed by atoms with Crippen LogP contribution in [-0.2, 0) is 0 Å². The Labute approximate surface area is 91.7 Å². The Hall–Kier alpha value is -0.980. The van der Waals surface area contributed by atoms with Gasteiger partial charge in [-0.15, -0.1) is 0 Å². The van der Waals surface area contributed by atoms with Crippen LogP contribution in [0.4, 0.5) is 0 Å². The zero-order chi connectivity index (χ0) is 10.6. The molecule has 15 heavy (non-hydrogen) atoms. The quantitative estimate of drug-likeness (QED) is 0.693. The zero-order valence-electron chi connectivity index (χ0n) is 9.53. The van der Waals surface area contributed by atoms with E-state index in [1.54, 1.807) is 0 Å². The third-order valence-corrected chi connectivity index (χ3v) is 4.46. The summed E-state index contributed by atoms with van der Waals surface area (Å²) in [4.78, 5) is 0. The highest BCUT2D eigenvalue weighted by Gasteiger charge is 2.54. The molecule has 3 unspecified atom stereocenters. The number of allylic oxidation sites excluding steroid dienone is 6. The first-order chi connectivity index (χ1) is 7.15. The molecule has 0 aromatic carbocycles. The SMILES string of the molecule is CC(C)C1=C(N)C2CC3C=CC=CC13C2. The van der Waals surface area contributed by atoms with Gasteiger partial charge in [0.05, 0.1) is 0 Å². The van der Waals surface area contributed by atoms with Crippen LogP contribution in [0.2, 0.25) is 0 Å². The molecule has 1 heteroatoms. The van der Waals surface area contributed by atoms with Gasteiger partial charge in [0.15, 0.2) is 0 Å². The van der Waals surface area contributed by atoms with Gasteiger partial charge in [0.25, 0.3) is 0 Å². The van der Waals surface area contributed by atoms with E-state index in [0.717, 1.165) is 5.92 Å². The fourth-order valence-electron chi connectivity index (χ4n) is 4.02. The highest BCUT2D eigenvalue weighted by atomic mass is 14.7. The van der Waals surface area contributed by atoms with Gasteiger partial charge in [0.2, 0.25) is 0 Å². The van der Waals surface area contributed by atoms with Gasteiger partial charge < -0.3 is 5.73 Å². The highest BCUT2D eigenvalue weighted by molar-refractivity contribution is 5.44. The summed E-state index contributed by atoms with van der Waals surface area (Å²) in [5, 5.41) is 0. The second-order valence-corrected chi connectivity index (χ2v) is 5.55. The van der Waals surface area contributed by atoms with E-state index in [0.29, 0.717) is 17.3 Å². The Morgan fingerprint density at radius 3 is 2.93 bits per heavy atom. The lowest BCUT2D eigenvalue weighted by atomic mass is 9.67. The molecule has 0 heterocycles. The fourth-order valence-corrected chi connectivity index (χ4v) is 4.02. The van der Waals surface area contributed by atoms with Gasteiger partial charge in [0.1, 0.15) is 0 Å². The second-order valence-electron chi connectivity index (χ2n) is 5.55. The third-order valence-electron chi connectivity index (χ3n) is 4.46. The standard InChI is InChI=1S/C14H19N/c1-9(2)12-13(15)10-7-11-5-3-4-6-14(11,12)8-10/h3-6,9-11H,7-8,15H2,1-2H3. The second kappa shape index (κ2) is 2.78. The minimum absolute atomic E-state index is 0.303. The first-order valence-corrected chi connectivity index (χ1v) is 6.01. The molecule has 3 atom stereocenters. The molecule has 0 aromatic heterocycles. The van der Waals surface area contributed by atoms with Crippen LogP contribution >= 0.6 is 0 Å². The van der Waals surface area contributed by atoms with Crippen molar-refractivity contribution in [3.63, 3.8) is 0 Å². The van der Waals surface area contributed by atoms with E-state index in [9.17, 15) is 0 Å². The van der Waals surface area contributed by atoms with Crippen LogP contribution in [0.1, 0.15) is 26.7 Å². The van der Waals surface area contributed by atoms with E-state index in [-0.39, 0.29) is 0 Å². The van der Waals surface area contributed by atoms with Crippen molar-refractivity contribution in [2.75, 3.05) is 0 Å². The first-order valence-electron chi connectivity index (χ1n) is 6.01. The molecule has 1 fully saturated rings. The molecule has 80 valence electrons. The molecule has 0 saturated heterocycles. The van der Waals surface area contributed by atoms with Gasteiger partial charge in [-0.2, -0.15) is 0 Å². The van der Waals surface area contributed by atoms with Crippen LogP contribution in [-0.4, -0.2) is 0 Å². The van der Waals surface area contributed by atoms with E-state index < -0.39 is 0 Å². The van der Waals surface area contributed by atoms with Gasteiger partial charge in [-0.05, 0) is 30.3 Å². The van der Waals surface area contributed by atoms with Gasteiger partial charge >= 0.3 is 0 Å². The smallest absolute Gasteiger partial charge is 0.0186 e. The largest absolute Gasteiger partial charge is 0.402 e. The van der Waals surface area contributed by atoms with Crippen molar-refractivity contribution >= 4 is 0 Å². The summed E-state index contributed by atoms with van der Waals surface area (Å²) in [7, 11) is 0. The molecule has 2 N–H and O–H groups in total. The van der Waals surface area contributed by atoms with Crippen molar-refractivity contribution in [2.45, 2.75) is 26.7 Å². The molecule has 3 aliphatic rings. The van der Waals surface area contributed by atoms with Crippen molar-refractivity contribution in [1.29, 1.82) is 0 Å². The lowest BCUT2D eigenvalue weighted by Gasteiger charge is -2.37. The van der Waals surface area contributed by atoms with Gasteiger partial charge in [0, 0.05) is 17.0 Å². The van der Waals surface area contributed by atoms with Crippen LogP contribution in [0.3, 0.4) is 0 Å². The van der Waals surface area contributed by atoms with Gasteiger partial charge in [-0.3, -0.25) is 0 Å². The lowest BCUT2D eigenvalue weighted by Crippen LogP contribution is -2.30. The average molecular weight is 201 g/mol. The van der Waals surface area contributed by atoms with E-state index in [2.05, 4.69) is 38.2 Å². The Bertz CT molecular complexity index is 386. The molecule has 2 bridgehead atoms. The topological polar surface area (TPSA) is 26.0 Å². The lowest BCUT2D eigenvalue weighted by molar-refractivity contribution is 0.358. The maximum absolute atomic E-state index is 6.29.